The third-order valence-corrected chi connectivity index (χ3v) is 8.93. The van der Waals surface area contributed by atoms with Gasteiger partial charge in [-0.15, -0.1) is 0 Å². The molecule has 12 heteroatoms. The highest BCUT2D eigenvalue weighted by Crippen LogP contribution is 2.44. The van der Waals surface area contributed by atoms with Crippen molar-refractivity contribution < 1.29 is 33.1 Å². The van der Waals surface area contributed by atoms with E-state index >= 15 is 0 Å². The predicted octanol–water partition coefficient (Wildman–Crippen LogP) is 4.13. The van der Waals surface area contributed by atoms with E-state index in [1.807, 2.05) is 78.9 Å². The average Bonchev–Trinajstić information content (AvgIpc) is 3.40. The molecule has 0 radical (unpaired) electrons. The van der Waals surface area contributed by atoms with Crippen molar-refractivity contribution in [2.45, 2.75) is 31.0 Å². The molecule has 5 rings (SSSR count). The Hall–Kier alpha value is -4.12. The molecule has 1 fully saturated rings. The van der Waals surface area contributed by atoms with Gasteiger partial charge < -0.3 is 23.7 Å². The topological polar surface area (TPSA) is 138 Å². The Balaban J connectivity index is 1.62. The lowest BCUT2D eigenvalue weighted by Crippen LogP contribution is -2.39. The van der Waals surface area contributed by atoms with Gasteiger partial charge in [-0.3, -0.25) is 14.3 Å². The number of methoxy groups -OCH3 is 3. The summed E-state index contributed by atoms with van der Waals surface area (Å²) in [4.78, 5) is 37.3. The monoisotopic (exact) mass is 635 g/mol. The van der Waals surface area contributed by atoms with Crippen molar-refractivity contribution in [3.63, 3.8) is 0 Å². The number of ether oxygens (including phenoxy) is 5. The summed E-state index contributed by atoms with van der Waals surface area (Å²) in [6.45, 7) is 1.53. The first-order chi connectivity index (χ1) is 21.7. The Labute approximate surface area is 261 Å². The predicted molar refractivity (Wildman–Crippen MR) is 167 cm³/mol. The number of hydrogen-bond donors (Lipinski definition) is 2. The van der Waals surface area contributed by atoms with Crippen molar-refractivity contribution in [3.05, 3.63) is 128 Å². The highest BCUT2D eigenvalue weighted by atomic mass is 31.1. The van der Waals surface area contributed by atoms with Gasteiger partial charge in [0.25, 0.3) is 5.56 Å². The molecule has 4 aromatic rings. The number of nitrogens with one attached hydrogen (secondary N) is 1. The molecule has 1 saturated heterocycles. The maximum absolute atomic E-state index is 12.9. The molecule has 45 heavy (non-hydrogen) atoms. The van der Waals surface area contributed by atoms with Crippen LogP contribution in [0.4, 0.5) is 0 Å². The quantitative estimate of drug-likeness (QED) is 0.174. The molecule has 11 nitrogen and oxygen atoms in total. The normalized spacial score (nSPS) is 20.2. The van der Waals surface area contributed by atoms with Gasteiger partial charge in [0.2, 0.25) is 0 Å². The lowest BCUT2D eigenvalue weighted by Gasteiger charge is -2.37. The summed E-state index contributed by atoms with van der Waals surface area (Å²) in [5.41, 5.74) is 0.382. The number of aromatic nitrogens is 2. The van der Waals surface area contributed by atoms with E-state index < -0.39 is 49.2 Å². The van der Waals surface area contributed by atoms with Gasteiger partial charge in [-0.05, 0) is 52.4 Å². The van der Waals surface area contributed by atoms with E-state index in [-0.39, 0.29) is 12.8 Å². The number of H-pyrrole nitrogens is 1. The first-order valence-corrected chi connectivity index (χ1v) is 15.7. The summed E-state index contributed by atoms with van der Waals surface area (Å²) in [7, 11) is 2.05. The fourth-order valence-electron chi connectivity index (χ4n) is 5.92. The highest BCUT2D eigenvalue weighted by Gasteiger charge is 2.51. The number of aromatic amines is 1. The molecule has 1 aliphatic rings. The van der Waals surface area contributed by atoms with Crippen molar-refractivity contribution in [2.24, 2.45) is 5.92 Å². The summed E-state index contributed by atoms with van der Waals surface area (Å²) in [6.07, 6.45) is -1.30. The van der Waals surface area contributed by atoms with Crippen LogP contribution in [-0.4, -0.2) is 60.8 Å². The van der Waals surface area contributed by atoms with Crippen LogP contribution in [0.3, 0.4) is 0 Å². The summed E-state index contributed by atoms with van der Waals surface area (Å²) in [5, 5.41) is 0. The molecule has 5 atom stereocenters. The van der Waals surface area contributed by atoms with Gasteiger partial charge in [0.1, 0.15) is 23.2 Å². The van der Waals surface area contributed by atoms with Crippen LogP contribution in [0.5, 0.6) is 11.5 Å². The fourth-order valence-corrected chi connectivity index (χ4v) is 6.72. The molecule has 0 aliphatic carbocycles. The van der Waals surface area contributed by atoms with Crippen LogP contribution >= 0.6 is 8.03 Å². The number of rotatable bonds is 12. The van der Waals surface area contributed by atoms with Crippen LogP contribution in [0, 0.1) is 12.8 Å². The zero-order valence-corrected chi connectivity index (χ0v) is 26.3. The number of aryl methyl sites for hydroxylation is 1. The first kappa shape index (κ1) is 32.3. The minimum atomic E-state index is -2.60. The second kappa shape index (κ2) is 13.9. The Morgan fingerprint density at radius 1 is 0.889 bits per heavy atom. The lowest BCUT2D eigenvalue weighted by molar-refractivity contribution is -0.0926. The van der Waals surface area contributed by atoms with Gasteiger partial charge in [-0.25, -0.2) is 4.79 Å². The second-order valence-corrected chi connectivity index (χ2v) is 11.8. The van der Waals surface area contributed by atoms with Crippen LogP contribution in [0.2, 0.25) is 0 Å². The number of nitrogens with zero attached hydrogens (tertiary/aromatic N) is 1. The summed E-state index contributed by atoms with van der Waals surface area (Å²) in [5.74, 6) is 0.718. The maximum atomic E-state index is 12.9. The summed E-state index contributed by atoms with van der Waals surface area (Å²) < 4.78 is 43.5. The largest absolute Gasteiger partial charge is 0.505 e. The van der Waals surface area contributed by atoms with Crippen LogP contribution in [-0.2, 0) is 24.4 Å². The molecule has 236 valence electrons. The number of hydrogen-bond acceptors (Lipinski definition) is 8. The van der Waals surface area contributed by atoms with Gasteiger partial charge >= 0.3 is 13.7 Å². The second-order valence-electron chi connectivity index (χ2n) is 10.8. The van der Waals surface area contributed by atoms with Crippen molar-refractivity contribution in [1.29, 1.82) is 0 Å². The molecule has 0 saturated carbocycles. The fraction of sp³-hybridized carbons (Fsp3) is 0.333. The van der Waals surface area contributed by atoms with Gasteiger partial charge in [-0.1, -0.05) is 54.6 Å². The lowest BCUT2D eigenvalue weighted by atomic mass is 9.80. The Morgan fingerprint density at radius 3 is 1.96 bits per heavy atom. The minimum Gasteiger partial charge on any atom is -0.497 e. The van der Waals surface area contributed by atoms with Crippen LogP contribution in [0.15, 0.2) is 94.6 Å². The first-order valence-electron chi connectivity index (χ1n) is 14.3. The van der Waals surface area contributed by atoms with E-state index in [2.05, 4.69) is 4.98 Å². The Bertz CT molecular complexity index is 1680. The van der Waals surface area contributed by atoms with E-state index in [0.717, 1.165) is 16.7 Å². The van der Waals surface area contributed by atoms with E-state index in [0.29, 0.717) is 17.1 Å². The van der Waals surface area contributed by atoms with Crippen molar-refractivity contribution in [1.82, 2.24) is 9.55 Å². The van der Waals surface area contributed by atoms with E-state index in [9.17, 15) is 19.0 Å². The van der Waals surface area contributed by atoms with Gasteiger partial charge in [-0.2, -0.15) is 4.89 Å². The summed E-state index contributed by atoms with van der Waals surface area (Å²) in [6, 6.07) is 24.8. The van der Waals surface area contributed by atoms with E-state index in [1.54, 1.807) is 21.1 Å². The third-order valence-electron chi connectivity index (χ3n) is 8.19. The Morgan fingerprint density at radius 2 is 1.44 bits per heavy atom. The van der Waals surface area contributed by atoms with Crippen molar-refractivity contribution in [2.75, 3.05) is 34.1 Å². The molecule has 3 aromatic carbocycles. The highest BCUT2D eigenvalue weighted by molar-refractivity contribution is 7.38. The molecule has 2 heterocycles. The van der Waals surface area contributed by atoms with Crippen molar-refractivity contribution in [3.8, 4) is 11.5 Å². The zero-order chi connectivity index (χ0) is 32.1. The average molecular weight is 636 g/mol. The van der Waals surface area contributed by atoms with Crippen LogP contribution < -0.4 is 20.7 Å². The number of benzene rings is 3. The molecular formula is C33H36N2O9P+. The maximum Gasteiger partial charge on any atom is 0.505 e. The minimum absolute atomic E-state index is 0.0474. The SMILES string of the molecule is COc1ccc(C(OCC2OC(n3cc(C)c(=O)[nH]c3=O)[C@H](OC)[C@@H]2C[P+](=O)O)(c2ccccc2)c2ccc(OC)cc2)cc1. The molecule has 0 spiro atoms. The summed E-state index contributed by atoms with van der Waals surface area (Å²) >= 11 is 0. The van der Waals surface area contributed by atoms with Gasteiger partial charge in [0.05, 0.1) is 32.8 Å². The molecule has 1 aromatic heterocycles. The molecule has 1 aliphatic heterocycles. The molecular weight excluding hydrogens is 599 g/mol. The standard InChI is InChI=1S/C33H35N2O9P/c1-21-18-35(32(37)34-30(21)36)31-29(42-4)27(20-45(38)39)28(44-31)19-43-33(22-8-6-5-7-9-22,23-10-14-25(40-2)15-11-23)24-12-16-26(41-3)17-13-24/h5-18,27-29,31H,19-20H2,1-4H3,(H-,34,36,37,38,39)/p+1/t27-,28?,29-,31?/m1/s1. The molecule has 3 unspecified atom stereocenters. The van der Waals surface area contributed by atoms with E-state index in [4.69, 9.17) is 23.7 Å². The molecule has 0 amide bonds. The van der Waals surface area contributed by atoms with E-state index in [1.165, 1.54) is 17.9 Å². The third kappa shape index (κ3) is 6.49. The molecule has 0 bridgehead atoms. The van der Waals surface area contributed by atoms with Crippen molar-refractivity contribution >= 4 is 8.03 Å². The smallest absolute Gasteiger partial charge is 0.497 e. The van der Waals surface area contributed by atoms with Gasteiger partial charge in [0.15, 0.2) is 12.4 Å². The van der Waals surface area contributed by atoms with Crippen LogP contribution in [0.25, 0.3) is 0 Å². The van der Waals surface area contributed by atoms with Crippen LogP contribution in [0.1, 0.15) is 28.5 Å². The zero-order valence-electron chi connectivity index (χ0n) is 25.4. The van der Waals surface area contributed by atoms with Gasteiger partial charge in [0, 0.05) is 18.9 Å². The Kier molecular flexibility index (Phi) is 9.96. The molecule has 2 N–H and O–H groups in total.